The van der Waals surface area contributed by atoms with Gasteiger partial charge in [0.2, 0.25) is 10.0 Å². The minimum absolute atomic E-state index is 0.0355. The maximum Gasteiger partial charge on any atom is 0.244 e. The van der Waals surface area contributed by atoms with Crippen LogP contribution in [0.25, 0.3) is 0 Å². The van der Waals surface area contributed by atoms with E-state index in [4.69, 9.17) is 5.73 Å². The molecule has 4 nitrogen and oxygen atoms in total. The van der Waals surface area contributed by atoms with Crippen molar-refractivity contribution in [1.82, 2.24) is 4.31 Å². The van der Waals surface area contributed by atoms with Crippen molar-refractivity contribution < 1.29 is 8.42 Å². The first-order valence-corrected chi connectivity index (χ1v) is 9.39. The zero-order chi connectivity index (χ0) is 14.2. The van der Waals surface area contributed by atoms with E-state index in [-0.39, 0.29) is 12.0 Å². The summed E-state index contributed by atoms with van der Waals surface area (Å²) in [5, 5.41) is 0. The second-order valence-electron chi connectivity index (χ2n) is 5.10. The summed E-state index contributed by atoms with van der Waals surface area (Å²) in [6.07, 6.45) is 1.89. The Morgan fingerprint density at radius 1 is 1.58 bits per heavy atom. The highest BCUT2D eigenvalue weighted by atomic mass is 79.9. The molecule has 0 radical (unpaired) electrons. The van der Waals surface area contributed by atoms with Gasteiger partial charge in [-0.05, 0) is 54.6 Å². The van der Waals surface area contributed by atoms with Crippen LogP contribution in [0.5, 0.6) is 0 Å². The fourth-order valence-corrected chi connectivity index (χ4v) is 6.37. The SMILES string of the molecule is Cc1sc(Br)cc1S(=O)(=O)N1CCCC(C(C)N)C1. The maximum atomic E-state index is 12.7. The van der Waals surface area contributed by atoms with E-state index in [2.05, 4.69) is 15.9 Å². The third kappa shape index (κ3) is 3.21. The Balaban J connectivity index is 2.27. The predicted octanol–water partition coefficient (Wildman–Crippen LogP) is 2.57. The van der Waals surface area contributed by atoms with Crippen LogP contribution in [0.1, 0.15) is 24.6 Å². The first-order valence-electron chi connectivity index (χ1n) is 6.34. The minimum atomic E-state index is -3.38. The van der Waals surface area contributed by atoms with Crippen LogP contribution < -0.4 is 5.73 Å². The molecule has 2 atom stereocenters. The molecule has 0 amide bonds. The average molecular weight is 367 g/mol. The van der Waals surface area contributed by atoms with E-state index < -0.39 is 10.0 Å². The Kier molecular flexibility index (Phi) is 4.72. The smallest absolute Gasteiger partial charge is 0.244 e. The molecule has 0 saturated carbocycles. The van der Waals surface area contributed by atoms with E-state index in [0.29, 0.717) is 18.0 Å². The second kappa shape index (κ2) is 5.81. The van der Waals surface area contributed by atoms with Gasteiger partial charge in [-0.15, -0.1) is 11.3 Å². The van der Waals surface area contributed by atoms with Crippen LogP contribution in [0.2, 0.25) is 0 Å². The summed E-state index contributed by atoms with van der Waals surface area (Å²) in [6.45, 7) is 4.92. The van der Waals surface area contributed by atoms with Gasteiger partial charge in [-0.25, -0.2) is 8.42 Å². The third-order valence-electron chi connectivity index (χ3n) is 3.62. The van der Waals surface area contributed by atoms with Crippen molar-refractivity contribution in [2.45, 2.75) is 37.6 Å². The van der Waals surface area contributed by atoms with Crippen LogP contribution in [0.3, 0.4) is 0 Å². The van der Waals surface area contributed by atoms with E-state index in [1.165, 1.54) is 11.3 Å². The molecular formula is C12H19BrN2O2S2. The van der Waals surface area contributed by atoms with Gasteiger partial charge in [0.25, 0.3) is 0 Å². The molecule has 2 rings (SSSR count). The molecule has 0 bridgehead atoms. The number of hydrogen-bond acceptors (Lipinski definition) is 4. The molecule has 2 heterocycles. The Labute approximate surface area is 127 Å². The zero-order valence-electron chi connectivity index (χ0n) is 11.1. The van der Waals surface area contributed by atoms with Crippen molar-refractivity contribution in [3.63, 3.8) is 0 Å². The maximum absolute atomic E-state index is 12.7. The van der Waals surface area contributed by atoms with Crippen LogP contribution >= 0.6 is 27.3 Å². The summed E-state index contributed by atoms with van der Waals surface area (Å²) in [4.78, 5) is 1.25. The number of hydrogen-bond donors (Lipinski definition) is 1. The molecular weight excluding hydrogens is 348 g/mol. The molecule has 0 aliphatic carbocycles. The van der Waals surface area contributed by atoms with Crippen LogP contribution in [0.15, 0.2) is 14.7 Å². The number of rotatable bonds is 3. The van der Waals surface area contributed by atoms with Gasteiger partial charge in [-0.1, -0.05) is 0 Å². The van der Waals surface area contributed by atoms with E-state index >= 15 is 0 Å². The van der Waals surface area contributed by atoms with E-state index in [0.717, 1.165) is 21.5 Å². The monoisotopic (exact) mass is 366 g/mol. The lowest BCUT2D eigenvalue weighted by Crippen LogP contribution is -2.44. The molecule has 0 spiro atoms. The van der Waals surface area contributed by atoms with Crippen molar-refractivity contribution in [3.05, 3.63) is 14.7 Å². The van der Waals surface area contributed by atoms with Gasteiger partial charge >= 0.3 is 0 Å². The molecule has 1 aliphatic rings. The number of nitrogens with zero attached hydrogens (tertiary/aromatic N) is 1. The number of nitrogens with two attached hydrogens (primary N) is 1. The average Bonchev–Trinajstić information content (AvgIpc) is 2.69. The van der Waals surface area contributed by atoms with Crippen molar-refractivity contribution in [1.29, 1.82) is 0 Å². The van der Waals surface area contributed by atoms with Gasteiger partial charge in [-0.3, -0.25) is 0 Å². The topological polar surface area (TPSA) is 63.4 Å². The Hall–Kier alpha value is 0.0500. The van der Waals surface area contributed by atoms with Crippen LogP contribution in [0, 0.1) is 12.8 Å². The summed E-state index contributed by atoms with van der Waals surface area (Å²) in [5.41, 5.74) is 5.92. The van der Waals surface area contributed by atoms with Gasteiger partial charge < -0.3 is 5.73 Å². The normalized spacial score (nSPS) is 23.5. The van der Waals surface area contributed by atoms with Crippen LogP contribution in [0.4, 0.5) is 0 Å². The van der Waals surface area contributed by atoms with Crippen LogP contribution in [-0.2, 0) is 10.0 Å². The Morgan fingerprint density at radius 2 is 2.26 bits per heavy atom. The molecule has 1 saturated heterocycles. The Morgan fingerprint density at radius 3 is 2.79 bits per heavy atom. The van der Waals surface area contributed by atoms with Gasteiger partial charge in [-0.2, -0.15) is 4.31 Å². The highest BCUT2D eigenvalue weighted by Gasteiger charge is 2.33. The molecule has 1 aliphatic heterocycles. The molecule has 2 N–H and O–H groups in total. The van der Waals surface area contributed by atoms with Gasteiger partial charge in [0.1, 0.15) is 0 Å². The van der Waals surface area contributed by atoms with Crippen molar-refractivity contribution in [2.24, 2.45) is 11.7 Å². The molecule has 2 unspecified atom stereocenters. The lowest BCUT2D eigenvalue weighted by atomic mass is 9.93. The van der Waals surface area contributed by atoms with E-state index in [9.17, 15) is 8.42 Å². The highest BCUT2D eigenvalue weighted by Crippen LogP contribution is 2.33. The molecule has 0 aromatic carbocycles. The largest absolute Gasteiger partial charge is 0.328 e. The van der Waals surface area contributed by atoms with Gasteiger partial charge in [0, 0.05) is 24.0 Å². The number of aryl methyl sites for hydroxylation is 1. The molecule has 1 aromatic heterocycles. The van der Waals surface area contributed by atoms with Crippen molar-refractivity contribution >= 4 is 37.3 Å². The fourth-order valence-electron chi connectivity index (χ4n) is 2.45. The first-order chi connectivity index (χ1) is 8.82. The first kappa shape index (κ1) is 15.4. The number of halogens is 1. The summed E-state index contributed by atoms with van der Waals surface area (Å²) in [6, 6.07) is 1.73. The van der Waals surface area contributed by atoms with Crippen molar-refractivity contribution in [3.8, 4) is 0 Å². The van der Waals surface area contributed by atoms with Crippen molar-refractivity contribution in [2.75, 3.05) is 13.1 Å². The standard InChI is InChI=1S/C12H19BrN2O2S2/c1-8(14)10-4-3-5-15(7-10)19(16,17)11-6-12(13)18-9(11)2/h6,8,10H,3-5,7,14H2,1-2H3. The molecule has 19 heavy (non-hydrogen) atoms. The zero-order valence-corrected chi connectivity index (χ0v) is 14.3. The quantitative estimate of drug-likeness (QED) is 0.893. The lowest BCUT2D eigenvalue weighted by Gasteiger charge is -2.33. The van der Waals surface area contributed by atoms with Crippen LogP contribution in [-0.4, -0.2) is 31.9 Å². The minimum Gasteiger partial charge on any atom is -0.328 e. The van der Waals surface area contributed by atoms with E-state index in [1.807, 2.05) is 13.8 Å². The molecule has 7 heteroatoms. The van der Waals surface area contributed by atoms with Gasteiger partial charge in [0.05, 0.1) is 8.68 Å². The third-order valence-corrected chi connectivity index (χ3v) is 7.30. The lowest BCUT2D eigenvalue weighted by molar-refractivity contribution is 0.243. The van der Waals surface area contributed by atoms with E-state index in [1.54, 1.807) is 10.4 Å². The summed E-state index contributed by atoms with van der Waals surface area (Å²) in [5.74, 6) is 0.255. The number of piperidine rings is 1. The fraction of sp³-hybridized carbons (Fsp3) is 0.667. The predicted molar refractivity (Wildman–Crippen MR) is 81.9 cm³/mol. The summed E-state index contributed by atoms with van der Waals surface area (Å²) < 4.78 is 27.8. The highest BCUT2D eigenvalue weighted by molar-refractivity contribution is 9.11. The number of thiophene rings is 1. The molecule has 1 aromatic rings. The summed E-state index contributed by atoms with van der Waals surface area (Å²) >= 11 is 4.80. The Bertz CT molecular complexity index is 554. The second-order valence-corrected chi connectivity index (χ2v) is 9.64. The molecule has 1 fully saturated rings. The van der Waals surface area contributed by atoms with Gasteiger partial charge in [0.15, 0.2) is 0 Å². The molecule has 108 valence electrons. The summed E-state index contributed by atoms with van der Waals surface area (Å²) in [7, 11) is -3.38. The number of sulfonamides is 1.